The molecule has 3 N–H and O–H groups in total. The summed E-state index contributed by atoms with van der Waals surface area (Å²) in [6, 6.07) is 7.46. The van der Waals surface area contributed by atoms with Crippen LogP contribution in [-0.4, -0.2) is 107 Å². The SMILES string of the molecule is CCC(C)C(NC(=O)C1CCCCN1C)C(=O)N(CCOC)[C@H](CC(=O)c1nc(C(=O)N[C@@H](Cc2ccccc2)C[C@H](C)C(=O)O)cs1)C(C)C. The van der Waals surface area contributed by atoms with Gasteiger partial charge in [0.25, 0.3) is 5.91 Å². The fourth-order valence-corrected chi connectivity index (χ4v) is 7.26. The molecule has 3 amide bonds. The van der Waals surface area contributed by atoms with E-state index in [1.807, 2.05) is 70.0 Å². The number of carboxylic acids is 1. The molecule has 51 heavy (non-hydrogen) atoms. The molecule has 3 rings (SSSR count). The lowest BCUT2D eigenvalue weighted by atomic mass is 9.92. The summed E-state index contributed by atoms with van der Waals surface area (Å²) in [4.78, 5) is 74.7. The lowest BCUT2D eigenvalue weighted by Crippen LogP contribution is -2.59. The molecule has 1 aromatic carbocycles. The Balaban J connectivity index is 1.79. The van der Waals surface area contributed by atoms with E-state index in [0.717, 1.165) is 42.7 Å². The first kappa shape index (κ1) is 41.7. The molecule has 13 heteroatoms. The highest BCUT2D eigenvalue weighted by Crippen LogP contribution is 2.24. The summed E-state index contributed by atoms with van der Waals surface area (Å²) < 4.78 is 5.37. The van der Waals surface area contributed by atoms with E-state index < -0.39 is 35.9 Å². The molecule has 0 radical (unpaired) electrons. The number of carbonyl (C=O) groups excluding carboxylic acids is 4. The molecule has 1 saturated heterocycles. The van der Waals surface area contributed by atoms with Crippen LogP contribution in [-0.2, 0) is 25.5 Å². The van der Waals surface area contributed by atoms with Crippen molar-refractivity contribution in [2.45, 2.75) is 104 Å². The lowest BCUT2D eigenvalue weighted by molar-refractivity contribution is -0.142. The number of likely N-dealkylation sites (tertiary alicyclic amines) is 1. The van der Waals surface area contributed by atoms with Gasteiger partial charge in [-0.15, -0.1) is 11.3 Å². The third-order valence-electron chi connectivity index (χ3n) is 9.93. The van der Waals surface area contributed by atoms with Crippen molar-refractivity contribution >= 4 is 40.8 Å². The fraction of sp³-hybridized carbons (Fsp3) is 0.632. The largest absolute Gasteiger partial charge is 0.481 e. The van der Waals surface area contributed by atoms with E-state index in [1.165, 1.54) is 5.38 Å². The maximum absolute atomic E-state index is 14.4. The predicted molar refractivity (Wildman–Crippen MR) is 198 cm³/mol. The van der Waals surface area contributed by atoms with Gasteiger partial charge < -0.3 is 25.4 Å². The molecular formula is C38H57N5O7S. The zero-order chi connectivity index (χ0) is 37.7. The minimum atomic E-state index is -0.948. The van der Waals surface area contributed by atoms with Crippen molar-refractivity contribution in [2.24, 2.45) is 17.8 Å². The molecule has 0 spiro atoms. The number of ether oxygens (including phenoxy) is 1. The predicted octanol–water partition coefficient (Wildman–Crippen LogP) is 4.68. The molecule has 2 heterocycles. The third kappa shape index (κ3) is 12.2. The van der Waals surface area contributed by atoms with Crippen molar-refractivity contribution in [3.63, 3.8) is 0 Å². The number of benzene rings is 1. The van der Waals surface area contributed by atoms with Gasteiger partial charge >= 0.3 is 5.97 Å². The van der Waals surface area contributed by atoms with Crippen LogP contribution >= 0.6 is 11.3 Å². The number of carboxylic acid groups (broad SMARTS) is 1. The number of likely N-dealkylation sites (N-methyl/N-ethyl adjacent to an activating group) is 1. The number of carbonyl (C=O) groups is 5. The molecule has 282 valence electrons. The molecule has 1 fully saturated rings. The first-order valence-electron chi connectivity index (χ1n) is 18.1. The molecule has 1 aliphatic rings. The number of ketones is 1. The van der Waals surface area contributed by atoms with Crippen molar-refractivity contribution < 1.29 is 33.8 Å². The molecule has 12 nitrogen and oxygen atoms in total. The van der Waals surface area contributed by atoms with Crippen molar-refractivity contribution in [2.75, 3.05) is 33.9 Å². The maximum Gasteiger partial charge on any atom is 0.306 e. The number of methoxy groups -OCH3 is 1. The van der Waals surface area contributed by atoms with E-state index in [0.29, 0.717) is 12.8 Å². The molecule has 0 saturated carbocycles. The van der Waals surface area contributed by atoms with Gasteiger partial charge in [-0.1, -0.05) is 77.8 Å². The lowest BCUT2D eigenvalue weighted by Gasteiger charge is -2.39. The van der Waals surface area contributed by atoms with Crippen molar-refractivity contribution in [1.29, 1.82) is 0 Å². The number of nitrogens with zero attached hydrogens (tertiary/aromatic N) is 3. The Morgan fingerprint density at radius 2 is 1.78 bits per heavy atom. The topological polar surface area (TPSA) is 158 Å². The van der Waals surface area contributed by atoms with E-state index in [2.05, 4.69) is 15.6 Å². The second kappa shape index (κ2) is 20.4. The first-order valence-corrected chi connectivity index (χ1v) is 19.0. The Morgan fingerprint density at radius 3 is 2.39 bits per heavy atom. The van der Waals surface area contributed by atoms with Gasteiger partial charge in [0.2, 0.25) is 11.8 Å². The third-order valence-corrected chi connectivity index (χ3v) is 10.8. The second-order valence-electron chi connectivity index (χ2n) is 14.2. The van der Waals surface area contributed by atoms with Gasteiger partial charge in [-0.05, 0) is 56.7 Å². The van der Waals surface area contributed by atoms with Gasteiger partial charge in [0, 0.05) is 37.5 Å². The van der Waals surface area contributed by atoms with Crippen LogP contribution in [0.3, 0.4) is 0 Å². The summed E-state index contributed by atoms with van der Waals surface area (Å²) in [7, 11) is 3.49. The Labute approximate surface area is 306 Å². The number of amides is 3. The number of thiazole rings is 1. The van der Waals surface area contributed by atoms with Gasteiger partial charge in [-0.2, -0.15) is 0 Å². The molecule has 3 unspecified atom stereocenters. The van der Waals surface area contributed by atoms with Crippen molar-refractivity contribution in [3.05, 3.63) is 52.0 Å². The zero-order valence-corrected chi connectivity index (χ0v) is 32.0. The summed E-state index contributed by atoms with van der Waals surface area (Å²) in [5.74, 6) is -3.09. The Bertz CT molecular complexity index is 1450. The first-order chi connectivity index (χ1) is 24.3. The van der Waals surface area contributed by atoms with Crippen LogP contribution in [0, 0.1) is 17.8 Å². The number of aromatic nitrogens is 1. The van der Waals surface area contributed by atoms with Gasteiger partial charge in [0.05, 0.1) is 18.6 Å². The van der Waals surface area contributed by atoms with Gasteiger partial charge in [-0.25, -0.2) is 4.98 Å². The minimum Gasteiger partial charge on any atom is -0.481 e. The number of nitrogens with one attached hydrogen (secondary N) is 2. The smallest absolute Gasteiger partial charge is 0.306 e. The number of aliphatic carboxylic acids is 1. The Morgan fingerprint density at radius 1 is 1.08 bits per heavy atom. The van der Waals surface area contributed by atoms with Crippen LogP contribution in [0.4, 0.5) is 0 Å². The number of Topliss-reactive ketones (excluding diaryl/α,β-unsaturated/α-hetero) is 1. The maximum atomic E-state index is 14.4. The minimum absolute atomic E-state index is 0.0268. The van der Waals surface area contributed by atoms with Crippen molar-refractivity contribution in [1.82, 2.24) is 25.4 Å². The van der Waals surface area contributed by atoms with Crippen LogP contribution in [0.25, 0.3) is 0 Å². The number of rotatable bonds is 20. The van der Waals surface area contributed by atoms with Crippen LogP contribution in [0.15, 0.2) is 35.7 Å². The highest BCUT2D eigenvalue weighted by atomic mass is 32.1. The Kier molecular flexibility index (Phi) is 16.7. The standard InChI is InChI=1S/C38H57N5O7S/c1-8-25(4)33(41-35(46)30-16-12-13-17-42(30)6)37(47)43(18-19-50-7)31(24(2)3)22-32(44)36-40-29(23-51-36)34(45)39-28(20-26(5)38(48)49)21-27-14-10-9-11-15-27/h9-11,14-15,23-26,28,30-31,33H,8,12-13,16-22H2,1-7H3,(H,39,45)(H,41,46)(H,48,49)/t25?,26-,28+,30?,31+,33?/m0/s1. The summed E-state index contributed by atoms with van der Waals surface area (Å²) in [5.41, 5.74) is 1.03. The van der Waals surface area contributed by atoms with Crippen molar-refractivity contribution in [3.8, 4) is 0 Å². The Hall–Kier alpha value is -3.68. The average molecular weight is 728 g/mol. The highest BCUT2D eigenvalue weighted by Gasteiger charge is 2.38. The quantitative estimate of drug-likeness (QED) is 0.165. The van der Waals surface area contributed by atoms with Gasteiger partial charge in [0.1, 0.15) is 11.7 Å². The fourth-order valence-electron chi connectivity index (χ4n) is 6.51. The number of piperidine rings is 1. The molecule has 1 aliphatic heterocycles. The highest BCUT2D eigenvalue weighted by molar-refractivity contribution is 7.12. The summed E-state index contributed by atoms with van der Waals surface area (Å²) in [6.45, 7) is 10.8. The van der Waals surface area contributed by atoms with Crippen LogP contribution in [0.2, 0.25) is 0 Å². The van der Waals surface area contributed by atoms with Gasteiger partial charge in [-0.3, -0.25) is 28.9 Å². The van der Waals surface area contributed by atoms with E-state index >= 15 is 0 Å². The van der Waals surface area contributed by atoms with Crippen LogP contribution < -0.4 is 10.6 Å². The second-order valence-corrected chi connectivity index (χ2v) is 15.1. The molecule has 0 bridgehead atoms. The molecule has 1 aromatic heterocycles. The van der Waals surface area contributed by atoms with E-state index in [9.17, 15) is 29.1 Å². The monoisotopic (exact) mass is 727 g/mol. The van der Waals surface area contributed by atoms with E-state index in [4.69, 9.17) is 4.74 Å². The number of hydrogen-bond acceptors (Lipinski definition) is 9. The molecule has 0 aliphatic carbocycles. The van der Waals surface area contributed by atoms with Gasteiger partial charge in [0.15, 0.2) is 10.8 Å². The summed E-state index contributed by atoms with van der Waals surface area (Å²) >= 11 is 1.06. The van der Waals surface area contributed by atoms with Crippen LogP contribution in [0.5, 0.6) is 0 Å². The molecule has 6 atom stereocenters. The average Bonchev–Trinajstić information content (AvgIpc) is 3.61. The number of hydrogen-bond donors (Lipinski definition) is 3. The van der Waals surface area contributed by atoms with E-state index in [1.54, 1.807) is 18.9 Å². The summed E-state index contributed by atoms with van der Waals surface area (Å²) in [6.07, 6.45) is 4.05. The van der Waals surface area contributed by atoms with E-state index in [-0.39, 0.29) is 72.2 Å². The zero-order valence-electron chi connectivity index (χ0n) is 31.2. The molecular weight excluding hydrogens is 671 g/mol. The summed E-state index contributed by atoms with van der Waals surface area (Å²) in [5, 5.41) is 17.2. The van der Waals surface area contributed by atoms with Crippen LogP contribution in [0.1, 0.15) is 99.0 Å². The molecule has 2 aromatic rings. The normalized spacial score (nSPS) is 17.9.